The number of rotatable bonds is 8. The highest BCUT2D eigenvalue weighted by molar-refractivity contribution is 6.33. The first kappa shape index (κ1) is 17.9. The van der Waals surface area contributed by atoms with Crippen molar-refractivity contribution >= 4 is 17.4 Å². The minimum absolute atomic E-state index is 0.0543. The molecule has 1 N–H and O–H groups in total. The molecule has 25 heavy (non-hydrogen) atoms. The van der Waals surface area contributed by atoms with Crippen LogP contribution in [0.15, 0.2) is 42.5 Å². The minimum atomic E-state index is -1.65. The first-order valence-corrected chi connectivity index (χ1v) is 7.20. The largest absolute Gasteiger partial charge is 0.493 e. The van der Waals surface area contributed by atoms with Crippen LogP contribution in [0.3, 0.4) is 0 Å². The smallest absolute Gasteiger partial charge is 0.372 e. The second kappa shape index (κ2) is 7.91. The molecule has 0 aliphatic rings. The van der Waals surface area contributed by atoms with E-state index < -0.39 is 28.8 Å². The number of hydrogen-bond donors (Lipinski definition) is 1. The van der Waals surface area contributed by atoms with E-state index in [-0.39, 0.29) is 23.7 Å². The molecular weight excluding hydrogens is 330 g/mol. The number of carboxylic acid groups (broad SMARTS) is 1. The van der Waals surface area contributed by atoms with Crippen LogP contribution in [-0.4, -0.2) is 28.9 Å². The lowest BCUT2D eigenvalue weighted by Crippen LogP contribution is -2.16. The van der Waals surface area contributed by atoms with Crippen LogP contribution in [0.4, 0.5) is 5.69 Å². The number of nitro benzene ring substituents is 1. The number of nitrogens with zero attached hydrogens (tertiary/aromatic N) is 1. The normalized spacial score (nSPS) is 10.1. The lowest BCUT2D eigenvalue weighted by molar-refractivity contribution is -0.385. The molecule has 0 saturated carbocycles. The summed E-state index contributed by atoms with van der Waals surface area (Å²) in [5.41, 5.74) is 0.400. The van der Waals surface area contributed by atoms with Crippen molar-refractivity contribution in [2.24, 2.45) is 0 Å². The summed E-state index contributed by atoms with van der Waals surface area (Å²) in [6.07, 6.45) is -0.610. The first-order chi connectivity index (χ1) is 11.9. The molecule has 0 unspecified atom stereocenters. The summed E-state index contributed by atoms with van der Waals surface area (Å²) >= 11 is 0. The Balaban J connectivity index is 2.33. The zero-order valence-corrected chi connectivity index (χ0v) is 13.3. The number of Topliss-reactive ketones (excluding diaryl/α,β-unsaturated/α-hetero) is 1. The van der Waals surface area contributed by atoms with Gasteiger partial charge in [0.2, 0.25) is 5.78 Å². The van der Waals surface area contributed by atoms with Gasteiger partial charge in [-0.05, 0) is 11.6 Å². The van der Waals surface area contributed by atoms with Crippen LogP contribution in [-0.2, 0) is 22.6 Å². The molecule has 0 heterocycles. The summed E-state index contributed by atoms with van der Waals surface area (Å²) in [4.78, 5) is 32.6. The number of carbonyl (C=O) groups excluding carboxylic acids is 1. The number of benzene rings is 2. The van der Waals surface area contributed by atoms with E-state index in [1.807, 2.05) is 30.3 Å². The van der Waals surface area contributed by atoms with Gasteiger partial charge in [0.1, 0.15) is 6.61 Å². The van der Waals surface area contributed by atoms with E-state index >= 15 is 0 Å². The van der Waals surface area contributed by atoms with Crippen molar-refractivity contribution in [1.29, 1.82) is 0 Å². The summed E-state index contributed by atoms with van der Waals surface area (Å²) < 4.78 is 10.7. The Kier molecular flexibility index (Phi) is 5.67. The van der Waals surface area contributed by atoms with Crippen LogP contribution in [0, 0.1) is 10.1 Å². The summed E-state index contributed by atoms with van der Waals surface area (Å²) in [7, 11) is 1.35. The van der Waals surface area contributed by atoms with Gasteiger partial charge in [-0.1, -0.05) is 30.3 Å². The number of aliphatic carboxylic acids is 1. The molecule has 2 rings (SSSR count). The molecule has 0 aliphatic heterocycles. The van der Waals surface area contributed by atoms with E-state index in [1.165, 1.54) is 13.2 Å². The second-order valence-electron chi connectivity index (χ2n) is 5.07. The maximum absolute atomic E-state index is 11.4. The first-order valence-electron chi connectivity index (χ1n) is 7.20. The lowest BCUT2D eigenvalue weighted by Gasteiger charge is -2.12. The summed E-state index contributed by atoms with van der Waals surface area (Å²) in [6.45, 7) is 0.168. The monoisotopic (exact) mass is 345 g/mol. The molecule has 8 heteroatoms. The SMILES string of the molecule is COc1cc(CC(=O)C(=O)O)c([N+](=O)[O-])cc1OCc1ccccc1. The molecule has 2 aromatic rings. The number of carboxylic acids is 1. The van der Waals surface area contributed by atoms with E-state index in [2.05, 4.69) is 0 Å². The van der Waals surface area contributed by atoms with Gasteiger partial charge in [-0.25, -0.2) is 4.79 Å². The van der Waals surface area contributed by atoms with Crippen molar-refractivity contribution < 1.29 is 29.1 Å². The lowest BCUT2D eigenvalue weighted by atomic mass is 10.1. The topological polar surface area (TPSA) is 116 Å². The van der Waals surface area contributed by atoms with E-state index in [0.717, 1.165) is 11.6 Å². The van der Waals surface area contributed by atoms with Crippen LogP contribution < -0.4 is 9.47 Å². The average molecular weight is 345 g/mol. The van der Waals surface area contributed by atoms with Crippen molar-refractivity contribution in [3.05, 3.63) is 63.7 Å². The zero-order chi connectivity index (χ0) is 18.4. The van der Waals surface area contributed by atoms with Crippen molar-refractivity contribution in [2.75, 3.05) is 7.11 Å². The predicted octanol–water partition coefficient (Wildman–Crippen LogP) is 2.38. The highest BCUT2D eigenvalue weighted by atomic mass is 16.6. The van der Waals surface area contributed by atoms with Crippen LogP contribution in [0.25, 0.3) is 0 Å². The Bertz CT molecular complexity index is 802. The Morgan fingerprint density at radius 3 is 2.40 bits per heavy atom. The summed E-state index contributed by atoms with van der Waals surface area (Å²) in [5, 5.41) is 19.9. The van der Waals surface area contributed by atoms with Crippen LogP contribution >= 0.6 is 0 Å². The van der Waals surface area contributed by atoms with Gasteiger partial charge in [0.15, 0.2) is 11.5 Å². The summed E-state index contributed by atoms with van der Waals surface area (Å²) in [5.74, 6) is -2.50. The fraction of sp³-hybridized carbons (Fsp3) is 0.176. The number of nitro groups is 1. The van der Waals surface area contributed by atoms with E-state index in [1.54, 1.807) is 0 Å². The highest BCUT2D eigenvalue weighted by Gasteiger charge is 2.24. The van der Waals surface area contributed by atoms with E-state index in [4.69, 9.17) is 14.6 Å². The van der Waals surface area contributed by atoms with Gasteiger partial charge in [0.05, 0.1) is 18.1 Å². The predicted molar refractivity (Wildman–Crippen MR) is 86.8 cm³/mol. The Labute approximate surface area is 142 Å². The molecule has 0 aliphatic carbocycles. The fourth-order valence-corrected chi connectivity index (χ4v) is 2.16. The number of ether oxygens (including phenoxy) is 2. The Morgan fingerprint density at radius 2 is 1.84 bits per heavy atom. The molecule has 0 spiro atoms. The molecule has 8 nitrogen and oxygen atoms in total. The van der Waals surface area contributed by atoms with Gasteiger partial charge >= 0.3 is 5.97 Å². The maximum Gasteiger partial charge on any atom is 0.372 e. The number of carbonyl (C=O) groups is 2. The molecule has 0 fully saturated rings. The number of methoxy groups -OCH3 is 1. The molecule has 0 bridgehead atoms. The second-order valence-corrected chi connectivity index (χ2v) is 5.07. The van der Waals surface area contributed by atoms with E-state index in [0.29, 0.717) is 0 Å². The van der Waals surface area contributed by atoms with Crippen molar-refractivity contribution in [3.63, 3.8) is 0 Å². The third-order valence-corrected chi connectivity index (χ3v) is 3.39. The molecule has 0 radical (unpaired) electrons. The van der Waals surface area contributed by atoms with Gasteiger partial charge in [0.25, 0.3) is 5.69 Å². The fourth-order valence-electron chi connectivity index (χ4n) is 2.16. The maximum atomic E-state index is 11.4. The standard InChI is InChI=1S/C17H15NO7/c1-24-15-8-12(7-14(19)17(20)21)13(18(22)23)9-16(15)25-10-11-5-3-2-4-6-11/h2-6,8-9H,7,10H2,1H3,(H,20,21). The average Bonchev–Trinajstić information content (AvgIpc) is 2.60. The van der Waals surface area contributed by atoms with Crippen LogP contribution in [0.2, 0.25) is 0 Å². The quantitative estimate of drug-likeness (QED) is 0.443. The summed E-state index contributed by atoms with van der Waals surface area (Å²) in [6, 6.07) is 11.6. The van der Waals surface area contributed by atoms with Crippen molar-refractivity contribution in [3.8, 4) is 11.5 Å². The molecular formula is C17H15NO7. The molecule has 0 saturated heterocycles. The number of ketones is 1. The molecule has 0 amide bonds. The van der Waals surface area contributed by atoms with Crippen molar-refractivity contribution in [1.82, 2.24) is 0 Å². The van der Waals surface area contributed by atoms with Gasteiger partial charge in [0, 0.05) is 12.0 Å². The van der Waals surface area contributed by atoms with Crippen molar-refractivity contribution in [2.45, 2.75) is 13.0 Å². The van der Waals surface area contributed by atoms with Gasteiger partial charge in [-0.2, -0.15) is 0 Å². The number of hydrogen-bond acceptors (Lipinski definition) is 6. The van der Waals surface area contributed by atoms with Gasteiger partial charge in [-0.15, -0.1) is 0 Å². The van der Waals surface area contributed by atoms with Gasteiger partial charge < -0.3 is 14.6 Å². The third-order valence-electron chi connectivity index (χ3n) is 3.39. The van der Waals surface area contributed by atoms with Crippen LogP contribution in [0.1, 0.15) is 11.1 Å². The molecule has 2 aromatic carbocycles. The Hall–Kier alpha value is -3.42. The Morgan fingerprint density at radius 1 is 1.16 bits per heavy atom. The van der Waals surface area contributed by atoms with Gasteiger partial charge in [-0.3, -0.25) is 14.9 Å². The van der Waals surface area contributed by atoms with Crippen LogP contribution in [0.5, 0.6) is 11.5 Å². The third kappa shape index (κ3) is 4.54. The molecule has 130 valence electrons. The highest BCUT2D eigenvalue weighted by Crippen LogP contribution is 2.35. The van der Waals surface area contributed by atoms with E-state index in [9.17, 15) is 19.7 Å². The minimum Gasteiger partial charge on any atom is -0.493 e. The molecule has 0 atom stereocenters. The molecule has 0 aromatic heterocycles. The zero-order valence-electron chi connectivity index (χ0n) is 13.3.